The molecule has 1 fully saturated rings. The Hall–Kier alpha value is -3.06. The lowest BCUT2D eigenvalue weighted by Gasteiger charge is -2.41. The Kier molecular flexibility index (Phi) is 6.11. The van der Waals surface area contributed by atoms with Gasteiger partial charge in [-0.25, -0.2) is 4.98 Å². The molecule has 3 aromatic rings. The molecule has 170 valence electrons. The molecule has 0 unspecified atom stereocenters. The number of fused-ring (bicyclic) bond motifs is 1. The molecular weight excluding hydrogens is 402 g/mol. The van der Waals surface area contributed by atoms with Crippen molar-refractivity contribution >= 4 is 28.3 Å². The van der Waals surface area contributed by atoms with E-state index in [1.54, 1.807) is 6.20 Å². The molecule has 7 nitrogen and oxygen atoms in total. The van der Waals surface area contributed by atoms with Crippen LogP contribution in [0.1, 0.15) is 43.6 Å². The van der Waals surface area contributed by atoms with Crippen LogP contribution in [0.15, 0.2) is 42.7 Å². The van der Waals surface area contributed by atoms with E-state index in [1.807, 2.05) is 35.4 Å². The van der Waals surface area contributed by atoms with Crippen LogP contribution in [-0.2, 0) is 6.61 Å². The third-order valence-corrected chi connectivity index (χ3v) is 6.21. The molecule has 4 rings (SSSR count). The van der Waals surface area contributed by atoms with Crippen molar-refractivity contribution in [2.45, 2.75) is 39.8 Å². The van der Waals surface area contributed by atoms with E-state index >= 15 is 0 Å². The predicted molar refractivity (Wildman–Crippen MR) is 129 cm³/mol. The van der Waals surface area contributed by atoms with E-state index in [0.717, 1.165) is 47.6 Å². The van der Waals surface area contributed by atoms with Crippen LogP contribution >= 0.6 is 0 Å². The summed E-state index contributed by atoms with van der Waals surface area (Å²) in [6.45, 7) is 12.5. The molecule has 0 spiro atoms. The number of benzene rings is 1. The summed E-state index contributed by atoms with van der Waals surface area (Å²) in [7, 11) is 0. The lowest BCUT2D eigenvalue weighted by Crippen LogP contribution is -2.50. The summed E-state index contributed by atoms with van der Waals surface area (Å²) >= 11 is 0. The number of carbonyl (C=O) groups excluding carboxylic acids is 1. The van der Waals surface area contributed by atoms with Gasteiger partial charge in [0.1, 0.15) is 0 Å². The van der Waals surface area contributed by atoms with Crippen LogP contribution in [0.5, 0.6) is 0 Å². The predicted octanol–water partition coefficient (Wildman–Crippen LogP) is 3.64. The van der Waals surface area contributed by atoms with Crippen molar-refractivity contribution in [3.05, 3.63) is 53.9 Å². The van der Waals surface area contributed by atoms with E-state index in [0.29, 0.717) is 18.7 Å². The number of carbonyl (C=O) groups is 1. The number of hydrogen-bond acceptors (Lipinski definition) is 5. The highest BCUT2D eigenvalue weighted by Crippen LogP contribution is 2.32. The molecule has 1 saturated heterocycles. The second-order valence-electron chi connectivity index (χ2n) is 9.28. The Labute approximate surface area is 189 Å². The van der Waals surface area contributed by atoms with E-state index < -0.39 is 0 Å². The number of aliphatic hydroxyl groups is 1. The van der Waals surface area contributed by atoms with Gasteiger partial charge in [0.25, 0.3) is 5.91 Å². The topological polar surface area (TPSA) is 75.7 Å². The van der Waals surface area contributed by atoms with Gasteiger partial charge in [0.2, 0.25) is 0 Å². The molecule has 0 bridgehead atoms. The van der Waals surface area contributed by atoms with Crippen LogP contribution in [-0.4, -0.2) is 64.1 Å². The highest BCUT2D eigenvalue weighted by Gasteiger charge is 2.28. The molecular formula is C25H33N5O2. The number of hydrogen-bond donors (Lipinski definition) is 2. The van der Waals surface area contributed by atoms with Crippen molar-refractivity contribution in [2.24, 2.45) is 0 Å². The zero-order chi connectivity index (χ0) is 22.9. The number of anilines is 2. The SMILES string of the molecule is CCN(c1cccnc1N1CCN(C(=O)c2c[nH]c3cc(CO)ccc23)CC1)C(C)(C)C. The van der Waals surface area contributed by atoms with Crippen LogP contribution in [0.4, 0.5) is 11.5 Å². The molecule has 7 heteroatoms. The van der Waals surface area contributed by atoms with Crippen LogP contribution < -0.4 is 9.80 Å². The molecule has 1 aliphatic heterocycles. The van der Waals surface area contributed by atoms with Crippen molar-refractivity contribution in [1.82, 2.24) is 14.9 Å². The van der Waals surface area contributed by atoms with Gasteiger partial charge in [0.15, 0.2) is 5.82 Å². The van der Waals surface area contributed by atoms with Crippen molar-refractivity contribution in [3.63, 3.8) is 0 Å². The number of piperazine rings is 1. The number of amides is 1. The van der Waals surface area contributed by atoms with Crippen molar-refractivity contribution < 1.29 is 9.90 Å². The molecule has 0 radical (unpaired) electrons. The van der Waals surface area contributed by atoms with E-state index in [2.05, 4.69) is 48.5 Å². The number of aliphatic hydroxyl groups excluding tert-OH is 1. The molecule has 2 N–H and O–H groups in total. The summed E-state index contributed by atoms with van der Waals surface area (Å²) in [4.78, 5) is 27.7. The van der Waals surface area contributed by atoms with Gasteiger partial charge >= 0.3 is 0 Å². The van der Waals surface area contributed by atoms with Crippen molar-refractivity contribution in [2.75, 3.05) is 42.5 Å². The van der Waals surface area contributed by atoms with Gasteiger partial charge in [0, 0.05) is 61.6 Å². The van der Waals surface area contributed by atoms with Crippen molar-refractivity contribution in [3.8, 4) is 0 Å². The van der Waals surface area contributed by atoms with Gasteiger partial charge < -0.3 is 24.8 Å². The third kappa shape index (κ3) is 4.17. The fourth-order valence-electron chi connectivity index (χ4n) is 4.59. The molecule has 1 amide bonds. The Morgan fingerprint density at radius 3 is 2.59 bits per heavy atom. The maximum Gasteiger partial charge on any atom is 0.256 e. The Morgan fingerprint density at radius 1 is 1.19 bits per heavy atom. The highest BCUT2D eigenvalue weighted by molar-refractivity contribution is 6.06. The standard InChI is InChI=1S/C25H33N5O2/c1-5-30(25(2,3)4)22-7-6-10-26-23(22)28-11-13-29(14-12-28)24(32)20-16-27-21-15-18(17-31)8-9-19(20)21/h6-10,15-16,27,31H,5,11-14,17H2,1-4H3. The fourth-order valence-corrected chi connectivity index (χ4v) is 4.59. The van der Waals surface area contributed by atoms with E-state index in [9.17, 15) is 9.90 Å². The summed E-state index contributed by atoms with van der Waals surface area (Å²) in [6, 6.07) is 9.80. The van der Waals surface area contributed by atoms with Gasteiger partial charge in [-0.05, 0) is 51.5 Å². The lowest BCUT2D eigenvalue weighted by atomic mass is 10.0. The first-order valence-electron chi connectivity index (χ1n) is 11.3. The molecule has 3 heterocycles. The van der Waals surface area contributed by atoms with Crippen LogP contribution in [0.25, 0.3) is 10.9 Å². The number of aromatic nitrogens is 2. The zero-order valence-corrected chi connectivity index (χ0v) is 19.4. The van der Waals surface area contributed by atoms with Gasteiger partial charge in [-0.1, -0.05) is 12.1 Å². The minimum Gasteiger partial charge on any atom is -0.392 e. The Morgan fingerprint density at radius 2 is 1.94 bits per heavy atom. The number of pyridine rings is 1. The third-order valence-electron chi connectivity index (χ3n) is 6.21. The summed E-state index contributed by atoms with van der Waals surface area (Å²) in [5, 5.41) is 10.2. The zero-order valence-electron chi connectivity index (χ0n) is 19.4. The fraction of sp³-hybridized carbons (Fsp3) is 0.440. The molecule has 1 aromatic carbocycles. The second kappa shape index (κ2) is 8.82. The molecule has 1 aliphatic rings. The Bertz CT molecular complexity index is 1090. The summed E-state index contributed by atoms with van der Waals surface area (Å²) < 4.78 is 0. The van der Waals surface area contributed by atoms with Gasteiger partial charge in [0.05, 0.1) is 17.9 Å². The molecule has 0 atom stereocenters. The summed E-state index contributed by atoms with van der Waals surface area (Å²) in [6.07, 6.45) is 3.62. The average Bonchev–Trinajstić information content (AvgIpc) is 3.22. The lowest BCUT2D eigenvalue weighted by molar-refractivity contribution is 0.0748. The number of H-pyrrole nitrogens is 1. The summed E-state index contributed by atoms with van der Waals surface area (Å²) in [5.41, 5.74) is 3.52. The van der Waals surface area contributed by atoms with Gasteiger partial charge in [-0.15, -0.1) is 0 Å². The Balaban J connectivity index is 1.50. The van der Waals surface area contributed by atoms with E-state index in [4.69, 9.17) is 4.98 Å². The largest absolute Gasteiger partial charge is 0.392 e. The first kappa shape index (κ1) is 22.1. The average molecular weight is 436 g/mol. The molecule has 32 heavy (non-hydrogen) atoms. The number of rotatable bonds is 5. The number of aromatic amines is 1. The smallest absolute Gasteiger partial charge is 0.256 e. The van der Waals surface area contributed by atoms with E-state index in [1.165, 1.54) is 0 Å². The number of nitrogens with zero attached hydrogens (tertiary/aromatic N) is 4. The molecule has 0 saturated carbocycles. The maximum atomic E-state index is 13.2. The molecule has 0 aliphatic carbocycles. The van der Waals surface area contributed by atoms with Gasteiger partial charge in [-0.3, -0.25) is 4.79 Å². The summed E-state index contributed by atoms with van der Waals surface area (Å²) in [5.74, 6) is 1.03. The second-order valence-corrected chi connectivity index (χ2v) is 9.28. The number of nitrogens with one attached hydrogen (secondary N) is 1. The maximum absolute atomic E-state index is 13.2. The van der Waals surface area contributed by atoms with Crippen LogP contribution in [0, 0.1) is 0 Å². The van der Waals surface area contributed by atoms with Crippen LogP contribution in [0.3, 0.4) is 0 Å². The minimum atomic E-state index is -0.0135. The van der Waals surface area contributed by atoms with E-state index in [-0.39, 0.29) is 18.1 Å². The minimum absolute atomic E-state index is 0.00441. The van der Waals surface area contributed by atoms with Crippen LogP contribution in [0.2, 0.25) is 0 Å². The molecule has 2 aromatic heterocycles. The first-order valence-corrected chi connectivity index (χ1v) is 11.3. The quantitative estimate of drug-likeness (QED) is 0.640. The van der Waals surface area contributed by atoms with Crippen molar-refractivity contribution in [1.29, 1.82) is 0 Å². The first-order chi connectivity index (χ1) is 15.3. The monoisotopic (exact) mass is 435 g/mol. The highest BCUT2D eigenvalue weighted by atomic mass is 16.3. The van der Waals surface area contributed by atoms with Gasteiger partial charge in [-0.2, -0.15) is 0 Å². The normalized spacial score (nSPS) is 14.8.